The van der Waals surface area contributed by atoms with Gasteiger partial charge in [0, 0.05) is 62.9 Å². The van der Waals surface area contributed by atoms with Gasteiger partial charge in [0.25, 0.3) is 0 Å². The number of halogens is 4. The number of aliphatic imine (C=N–C) groups is 1. The average Bonchev–Trinajstić information content (AvgIpc) is 1.63. The summed E-state index contributed by atoms with van der Waals surface area (Å²) in [4.78, 5) is 34.6. The number of carbonyl (C=O) groups is 2. The van der Waals surface area contributed by atoms with Crippen molar-refractivity contribution in [3.63, 3.8) is 0 Å². The Morgan fingerprint density at radius 3 is 1.65 bits per heavy atom. The SMILES string of the molecule is CCCN(CCc1ccc(OC)cc1)C(=O)C1=Cc2ccc(-c3cccc(S(=O)(=O)N4CC(CN(C)CCOCCOCCOCCOCCOCCOCCOCCOCCOCCOCCC(=O)Oc5c(F)c(F)cc(F)c5F)C4)c3)cc2N=C(N)C1. The van der Waals surface area contributed by atoms with Gasteiger partial charge in [-0.15, -0.1) is 0 Å². The molecule has 0 unspecified atom stereocenters. The number of fused-ring (bicyclic) bond motifs is 1. The smallest absolute Gasteiger partial charge is 0.313 e. The van der Waals surface area contributed by atoms with Gasteiger partial charge < -0.3 is 72.4 Å². The van der Waals surface area contributed by atoms with Crippen molar-refractivity contribution in [1.82, 2.24) is 14.1 Å². The second kappa shape index (κ2) is 40.0. The molecule has 26 heteroatoms. The molecule has 0 saturated carbocycles. The quantitative estimate of drug-likeness (QED) is 0.0156. The maximum absolute atomic E-state index is 13.9. The van der Waals surface area contributed by atoms with Gasteiger partial charge in [-0.2, -0.15) is 13.1 Å². The van der Waals surface area contributed by atoms with Crippen molar-refractivity contribution in [3.05, 3.63) is 113 Å². The monoisotopic (exact) mass is 1280 g/mol. The van der Waals surface area contributed by atoms with Crippen LogP contribution in [0.4, 0.5) is 23.2 Å². The van der Waals surface area contributed by atoms with E-state index in [0.717, 1.165) is 41.0 Å². The number of amidine groups is 1. The molecule has 2 aliphatic rings. The van der Waals surface area contributed by atoms with E-state index in [-0.39, 0.29) is 55.6 Å². The van der Waals surface area contributed by atoms with E-state index in [9.17, 15) is 35.6 Å². The molecule has 6 rings (SSSR count). The Bertz CT molecular complexity index is 2930. The van der Waals surface area contributed by atoms with E-state index in [1.165, 1.54) is 4.31 Å². The minimum atomic E-state index is -3.72. The third kappa shape index (κ3) is 25.3. The topological polar surface area (TPSA) is 227 Å². The molecule has 0 radical (unpaired) electrons. The first kappa shape index (κ1) is 72.1. The highest BCUT2D eigenvalue weighted by Crippen LogP contribution is 2.34. The number of likely N-dealkylation sites (N-methyl/N-ethyl adjacent to an activating group) is 1. The highest BCUT2D eigenvalue weighted by atomic mass is 32.2. The number of ether oxygens (including phenoxy) is 12. The molecule has 21 nitrogen and oxygen atoms in total. The summed E-state index contributed by atoms with van der Waals surface area (Å²) in [5, 5.41) is 0. The summed E-state index contributed by atoms with van der Waals surface area (Å²) in [5.41, 5.74) is 11.0. The number of carbonyl (C=O) groups excluding carboxylic acids is 2. The second-order valence-electron chi connectivity index (χ2n) is 20.7. The summed E-state index contributed by atoms with van der Waals surface area (Å²) < 4.78 is 147. The first-order valence-corrected chi connectivity index (χ1v) is 31.3. The average molecular weight is 1280 g/mol. The van der Waals surface area contributed by atoms with E-state index >= 15 is 0 Å². The van der Waals surface area contributed by atoms with Gasteiger partial charge in [0.15, 0.2) is 11.6 Å². The Morgan fingerprint density at radius 2 is 1.13 bits per heavy atom. The van der Waals surface area contributed by atoms with Crippen molar-refractivity contribution in [2.24, 2.45) is 16.6 Å². The fraction of sp³-hybridized carbons (Fsp3) is 0.540. The van der Waals surface area contributed by atoms with Crippen LogP contribution in [0.1, 0.15) is 37.3 Å². The van der Waals surface area contributed by atoms with Gasteiger partial charge in [0.1, 0.15) is 11.6 Å². The molecule has 4 aromatic rings. The van der Waals surface area contributed by atoms with Crippen LogP contribution in [0.3, 0.4) is 0 Å². The summed E-state index contributed by atoms with van der Waals surface area (Å²) in [6.45, 7) is 12.6. The molecule has 2 heterocycles. The van der Waals surface area contributed by atoms with Gasteiger partial charge >= 0.3 is 5.97 Å². The van der Waals surface area contributed by atoms with Gasteiger partial charge in [0.05, 0.1) is 156 Å². The van der Waals surface area contributed by atoms with E-state index in [1.807, 2.05) is 66.6 Å². The molecule has 1 fully saturated rings. The molecule has 2 aliphatic heterocycles. The summed E-state index contributed by atoms with van der Waals surface area (Å²) >= 11 is 0. The van der Waals surface area contributed by atoms with E-state index in [1.54, 1.807) is 25.3 Å². The Kier molecular flexibility index (Phi) is 32.4. The second-order valence-corrected chi connectivity index (χ2v) is 22.7. The van der Waals surface area contributed by atoms with E-state index in [4.69, 9.17) is 62.8 Å². The van der Waals surface area contributed by atoms with Gasteiger partial charge in [-0.05, 0) is 78.9 Å². The Hall–Kier alpha value is -5.98. The number of nitrogens with two attached hydrogens (primary N) is 1. The Morgan fingerprint density at radius 1 is 0.629 bits per heavy atom. The van der Waals surface area contributed by atoms with Crippen LogP contribution in [0.15, 0.2) is 88.3 Å². The molecule has 89 heavy (non-hydrogen) atoms. The van der Waals surface area contributed by atoms with Crippen LogP contribution in [0.25, 0.3) is 17.2 Å². The zero-order chi connectivity index (χ0) is 63.6. The van der Waals surface area contributed by atoms with Gasteiger partial charge in [-0.1, -0.05) is 43.3 Å². The molecule has 1 amide bonds. The van der Waals surface area contributed by atoms with Crippen molar-refractivity contribution >= 4 is 39.5 Å². The number of benzene rings is 4. The molecule has 0 spiro atoms. The number of hydrogen-bond acceptors (Lipinski definition) is 19. The van der Waals surface area contributed by atoms with Crippen LogP contribution in [-0.2, 0) is 73.4 Å². The first-order valence-electron chi connectivity index (χ1n) is 29.9. The van der Waals surface area contributed by atoms with Crippen LogP contribution < -0.4 is 15.2 Å². The number of esters is 1. The Labute approximate surface area is 519 Å². The van der Waals surface area contributed by atoms with Crippen molar-refractivity contribution in [1.29, 1.82) is 0 Å². The van der Waals surface area contributed by atoms with Gasteiger partial charge in [0.2, 0.25) is 33.3 Å². The number of methoxy groups -OCH3 is 1. The summed E-state index contributed by atoms with van der Waals surface area (Å²) in [6, 6.07) is 20.5. The fourth-order valence-corrected chi connectivity index (χ4v) is 10.8. The summed E-state index contributed by atoms with van der Waals surface area (Å²) in [7, 11) is -0.0874. The van der Waals surface area contributed by atoms with Gasteiger partial charge in [-0.3, -0.25) is 9.59 Å². The number of nitrogens with zero attached hydrogens (tertiary/aromatic N) is 4. The van der Waals surface area contributed by atoms with Crippen LogP contribution in [0.5, 0.6) is 11.5 Å². The zero-order valence-electron chi connectivity index (χ0n) is 51.1. The molecule has 0 aromatic heterocycles. The number of rotatable bonds is 46. The van der Waals surface area contributed by atoms with Crippen molar-refractivity contribution in [2.75, 3.05) is 186 Å². The molecule has 492 valence electrons. The number of amides is 1. The molecular weight excluding hydrogens is 1190 g/mol. The maximum Gasteiger partial charge on any atom is 0.313 e. The predicted molar refractivity (Wildman–Crippen MR) is 324 cm³/mol. The van der Waals surface area contributed by atoms with E-state index in [0.29, 0.717) is 162 Å². The van der Waals surface area contributed by atoms with Gasteiger partial charge in [-0.25, -0.2) is 22.2 Å². The van der Waals surface area contributed by atoms with E-state index in [2.05, 4.69) is 16.6 Å². The first-order chi connectivity index (χ1) is 43.2. The third-order valence-corrected chi connectivity index (χ3v) is 15.7. The molecule has 2 N–H and O–H groups in total. The molecule has 0 aliphatic carbocycles. The highest BCUT2D eigenvalue weighted by molar-refractivity contribution is 7.89. The minimum absolute atomic E-state index is 0.0151. The molecule has 1 saturated heterocycles. The van der Waals surface area contributed by atoms with E-state index < -0.39 is 51.4 Å². The lowest BCUT2D eigenvalue weighted by Crippen LogP contribution is -2.53. The van der Waals surface area contributed by atoms with Crippen molar-refractivity contribution in [3.8, 4) is 22.6 Å². The largest absolute Gasteiger partial charge is 0.497 e. The lowest BCUT2D eigenvalue weighted by molar-refractivity contribution is -0.136. The van der Waals surface area contributed by atoms with Crippen LogP contribution in [0.2, 0.25) is 0 Å². The number of hydrogen-bond donors (Lipinski definition) is 1. The lowest BCUT2D eigenvalue weighted by Gasteiger charge is -2.40. The summed E-state index contributed by atoms with van der Waals surface area (Å²) in [6.07, 6.45) is 3.19. The van der Waals surface area contributed by atoms with Crippen LogP contribution in [0, 0.1) is 29.2 Å². The lowest BCUT2D eigenvalue weighted by atomic mass is 10.0. The zero-order valence-corrected chi connectivity index (χ0v) is 51.9. The molecule has 4 aromatic carbocycles. The van der Waals surface area contributed by atoms with Crippen molar-refractivity contribution in [2.45, 2.75) is 37.5 Å². The molecular formula is C63H85F4N5O16S. The number of sulfonamides is 1. The normalized spacial score (nSPS) is 13.7. The molecule has 0 bridgehead atoms. The highest BCUT2D eigenvalue weighted by Gasteiger charge is 2.37. The minimum Gasteiger partial charge on any atom is -0.497 e. The van der Waals surface area contributed by atoms with Crippen LogP contribution in [-0.4, -0.2) is 226 Å². The van der Waals surface area contributed by atoms with Crippen molar-refractivity contribution < 1.29 is 92.4 Å². The maximum atomic E-state index is 13.9. The predicted octanol–water partition coefficient (Wildman–Crippen LogP) is 6.89. The van der Waals surface area contributed by atoms with Crippen LogP contribution >= 0.6 is 0 Å². The third-order valence-electron chi connectivity index (χ3n) is 13.9. The Balaban J connectivity index is 0.694. The molecule has 0 atom stereocenters. The summed E-state index contributed by atoms with van der Waals surface area (Å²) in [5.74, 6) is -8.30. The standard InChI is InChI=1S/C63H85F4N5O16S/c1-4-16-71(17-14-47-8-12-53(77-3)13-9-47)63(74)52-39-51-11-10-50(41-57(51)69-58(68)42-52)49-6-5-7-54(40-49)89(75,76)72-45-48(46-72)44-70(2)18-20-79-22-24-81-26-28-83-30-32-85-34-36-87-38-37-86-35-33-84-31-29-82-27-25-80-23-21-78-19-15-59(73)88-62-60(66)55(64)43-56(65)61(62)67/h5-13,39-41,43,48H,4,14-38,42,44-46H2,1-3H3,(H2,68,69). The fourth-order valence-electron chi connectivity index (χ4n) is 9.17.